The molecule has 14 nitrogen and oxygen atoms in total. The quantitative estimate of drug-likeness (QED) is 0.0823. The van der Waals surface area contributed by atoms with Crippen LogP contribution in [0.2, 0.25) is 5.02 Å². The number of nitrogens with zero attached hydrogens (tertiary/aromatic N) is 5. The average molecular weight is 781 g/mol. The van der Waals surface area contributed by atoms with Crippen molar-refractivity contribution in [2.75, 3.05) is 68.0 Å². The van der Waals surface area contributed by atoms with Crippen LogP contribution in [0, 0.1) is 13.8 Å². The molecule has 0 atom stereocenters. The van der Waals surface area contributed by atoms with Gasteiger partial charge in [0.05, 0.1) is 41.3 Å². The lowest BCUT2D eigenvalue weighted by Crippen LogP contribution is -2.48. The molecule has 0 aliphatic carbocycles. The largest absolute Gasteiger partial charge is 0.504 e. The van der Waals surface area contributed by atoms with Gasteiger partial charge in [-0.2, -0.15) is 0 Å². The van der Waals surface area contributed by atoms with E-state index in [0.29, 0.717) is 52.0 Å². The lowest BCUT2D eigenvalue weighted by molar-refractivity contribution is -0.0740. The molecule has 16 heteroatoms. The van der Waals surface area contributed by atoms with Gasteiger partial charge in [-0.15, -0.1) is 0 Å². The molecule has 0 saturated carbocycles. The summed E-state index contributed by atoms with van der Waals surface area (Å²) in [6, 6.07) is 11.3. The van der Waals surface area contributed by atoms with Crippen LogP contribution in [-0.2, 0) is 9.47 Å². The Hall–Kier alpha value is -4.54. The monoisotopic (exact) mass is 780 g/mol. The molecule has 2 aromatic carbocycles. The molecule has 3 heterocycles. The van der Waals surface area contributed by atoms with Crippen LogP contribution in [0.5, 0.6) is 11.5 Å². The van der Waals surface area contributed by atoms with Crippen LogP contribution in [0.1, 0.15) is 65.5 Å². The first-order valence-corrected chi connectivity index (χ1v) is 19.0. The zero-order chi connectivity index (χ0) is 39.0. The Bertz CT molecular complexity index is 1910. The first-order valence-electron chi connectivity index (χ1n) is 17.8. The number of thiazole rings is 1. The first-order chi connectivity index (χ1) is 25.6. The van der Waals surface area contributed by atoms with E-state index >= 15 is 0 Å². The minimum Gasteiger partial charge on any atom is -0.504 e. The molecule has 290 valence electrons. The number of para-hydroxylation sites is 1. The molecule has 5 N–H and O–H groups in total. The van der Waals surface area contributed by atoms with Gasteiger partial charge in [0.25, 0.3) is 11.8 Å². The summed E-state index contributed by atoms with van der Waals surface area (Å²) >= 11 is 7.51. The van der Waals surface area contributed by atoms with Crippen LogP contribution in [0.4, 0.5) is 22.5 Å². The maximum Gasteiger partial charge on any atom is 0.267 e. The highest BCUT2D eigenvalue weighted by Crippen LogP contribution is 2.29. The lowest BCUT2D eigenvalue weighted by atomic mass is 10.1. The number of phenols is 2. The Morgan fingerprint density at radius 2 is 1.67 bits per heavy atom. The number of nitrogens with one attached hydrogen (secondary N) is 3. The van der Waals surface area contributed by atoms with Crippen LogP contribution >= 0.6 is 22.9 Å². The third kappa shape index (κ3) is 11.5. The van der Waals surface area contributed by atoms with Crippen molar-refractivity contribution in [2.24, 2.45) is 0 Å². The fourth-order valence-corrected chi connectivity index (χ4v) is 6.69. The number of carbonyl (C=O) groups excluding carboxylic acids is 2. The third-order valence-electron chi connectivity index (χ3n) is 8.96. The van der Waals surface area contributed by atoms with Crippen molar-refractivity contribution < 1.29 is 29.3 Å². The van der Waals surface area contributed by atoms with Gasteiger partial charge in [0.15, 0.2) is 16.6 Å². The third-order valence-corrected chi connectivity index (χ3v) is 10.2. The summed E-state index contributed by atoms with van der Waals surface area (Å²) in [6.45, 7) is 17.1. The molecule has 1 aliphatic heterocycles. The molecular formula is C38H49ClN8O6S. The van der Waals surface area contributed by atoms with Gasteiger partial charge in [-0.1, -0.05) is 35.1 Å². The number of halogens is 1. The number of hydrogen-bond acceptors (Lipinski definition) is 13. The molecule has 1 aliphatic rings. The standard InChI is InChI=1S/C38H49ClN8O6S/c1-24-8-7-9-27(39)33(24)45-35(51)30-22-40-36(54-30)44-31-21-32(43-25(2)42-31)47-15-13-46(14-16-47)17-19-53-37(3,4)12-18-52-38(5,6)23-41-34(50)26-10-11-28(48)29(49)20-26/h7-11,20-22,48-49H,12-19,23H2,1-6H3,(H,41,50)(H,45,51)(H,40,42,43,44). The maximum atomic E-state index is 12.9. The number of aromatic nitrogens is 3. The molecule has 54 heavy (non-hydrogen) atoms. The van der Waals surface area contributed by atoms with Crippen molar-refractivity contribution in [3.63, 3.8) is 0 Å². The second-order valence-corrected chi connectivity index (χ2v) is 15.8. The number of ether oxygens (including phenoxy) is 2. The maximum absolute atomic E-state index is 12.9. The number of aromatic hydroxyl groups is 2. The van der Waals surface area contributed by atoms with Gasteiger partial charge in [0.2, 0.25) is 0 Å². The van der Waals surface area contributed by atoms with Crippen molar-refractivity contribution >= 4 is 57.2 Å². The van der Waals surface area contributed by atoms with Crippen molar-refractivity contribution in [2.45, 2.75) is 59.2 Å². The van der Waals surface area contributed by atoms with Crippen molar-refractivity contribution in [3.05, 3.63) is 75.5 Å². The predicted molar refractivity (Wildman–Crippen MR) is 212 cm³/mol. The van der Waals surface area contributed by atoms with Crippen LogP contribution < -0.4 is 20.9 Å². The number of hydrogen-bond donors (Lipinski definition) is 5. The molecule has 5 rings (SSSR count). The summed E-state index contributed by atoms with van der Waals surface area (Å²) < 4.78 is 12.4. The van der Waals surface area contributed by atoms with Crippen molar-refractivity contribution in [1.82, 2.24) is 25.2 Å². The molecule has 0 unspecified atom stereocenters. The van der Waals surface area contributed by atoms with E-state index in [1.54, 1.807) is 6.07 Å². The zero-order valence-corrected chi connectivity index (χ0v) is 33.1. The van der Waals surface area contributed by atoms with Gasteiger partial charge in [-0.3, -0.25) is 14.5 Å². The van der Waals surface area contributed by atoms with Gasteiger partial charge in [0.1, 0.15) is 22.3 Å². The number of rotatable bonds is 16. The highest BCUT2D eigenvalue weighted by molar-refractivity contribution is 7.17. The highest BCUT2D eigenvalue weighted by Gasteiger charge is 2.25. The molecule has 2 amide bonds. The Balaban J connectivity index is 1.02. The number of amides is 2. The van der Waals surface area contributed by atoms with Gasteiger partial charge in [-0.05, 0) is 77.8 Å². The summed E-state index contributed by atoms with van der Waals surface area (Å²) in [5.41, 5.74) is 0.686. The molecule has 0 spiro atoms. The Kier molecular flexibility index (Phi) is 13.3. The van der Waals surface area contributed by atoms with Gasteiger partial charge in [-0.25, -0.2) is 15.0 Å². The number of piperazine rings is 1. The van der Waals surface area contributed by atoms with Crippen LogP contribution in [0.3, 0.4) is 0 Å². The zero-order valence-electron chi connectivity index (χ0n) is 31.5. The highest BCUT2D eigenvalue weighted by atomic mass is 35.5. The lowest BCUT2D eigenvalue weighted by Gasteiger charge is -2.36. The van der Waals surface area contributed by atoms with Gasteiger partial charge >= 0.3 is 0 Å². The smallest absolute Gasteiger partial charge is 0.267 e. The van der Waals surface area contributed by atoms with Crippen LogP contribution in [0.15, 0.2) is 48.7 Å². The van der Waals surface area contributed by atoms with E-state index in [2.05, 4.69) is 40.7 Å². The normalized spacial score (nSPS) is 13.9. The van der Waals surface area contributed by atoms with E-state index in [0.717, 1.165) is 44.1 Å². The van der Waals surface area contributed by atoms with Gasteiger partial charge < -0.3 is 40.5 Å². The first kappa shape index (κ1) is 40.6. The second kappa shape index (κ2) is 17.7. The fourth-order valence-electron chi connectivity index (χ4n) is 5.70. The van der Waals surface area contributed by atoms with Crippen molar-refractivity contribution in [1.29, 1.82) is 0 Å². The van der Waals surface area contributed by atoms with Crippen LogP contribution in [-0.4, -0.2) is 106 Å². The van der Waals surface area contributed by atoms with E-state index in [4.69, 9.17) is 21.1 Å². The molecule has 0 radical (unpaired) electrons. The Morgan fingerprint density at radius 1 is 0.926 bits per heavy atom. The van der Waals surface area contributed by atoms with E-state index in [9.17, 15) is 19.8 Å². The van der Waals surface area contributed by atoms with E-state index in [1.165, 1.54) is 35.7 Å². The molecule has 1 saturated heterocycles. The predicted octanol–water partition coefficient (Wildman–Crippen LogP) is 6.14. The topological polar surface area (TPSA) is 174 Å². The summed E-state index contributed by atoms with van der Waals surface area (Å²) in [5, 5.41) is 29.1. The second-order valence-electron chi connectivity index (χ2n) is 14.4. The van der Waals surface area contributed by atoms with Crippen molar-refractivity contribution in [3.8, 4) is 11.5 Å². The number of phenolic OH excluding ortho intramolecular Hbond substituents is 2. The van der Waals surface area contributed by atoms with E-state index < -0.39 is 11.2 Å². The SMILES string of the molecule is Cc1nc(Nc2ncc(C(=O)Nc3c(C)cccc3Cl)s2)cc(N2CCN(CCOC(C)(C)CCOC(C)(C)CNC(=O)c3ccc(O)c(O)c3)CC2)n1. The summed E-state index contributed by atoms with van der Waals surface area (Å²) in [7, 11) is 0. The molecular weight excluding hydrogens is 732 g/mol. The number of carbonyl (C=O) groups is 2. The molecule has 4 aromatic rings. The number of aryl methyl sites for hydroxylation is 2. The Morgan fingerprint density at radius 3 is 2.39 bits per heavy atom. The summed E-state index contributed by atoms with van der Waals surface area (Å²) in [4.78, 5) is 44.1. The minimum atomic E-state index is -0.621. The fraction of sp³-hybridized carbons (Fsp3) is 0.447. The average Bonchev–Trinajstić information content (AvgIpc) is 3.58. The minimum absolute atomic E-state index is 0.250. The molecule has 1 fully saturated rings. The number of benzene rings is 2. The summed E-state index contributed by atoms with van der Waals surface area (Å²) in [5.74, 6) is 0.785. The summed E-state index contributed by atoms with van der Waals surface area (Å²) in [6.07, 6.45) is 2.20. The van der Waals surface area contributed by atoms with E-state index in [-0.39, 0.29) is 35.4 Å². The van der Waals surface area contributed by atoms with E-state index in [1.807, 2.05) is 59.7 Å². The van der Waals surface area contributed by atoms with Gasteiger partial charge in [0, 0.05) is 50.9 Å². The number of anilines is 4. The Labute approximate surface area is 324 Å². The molecule has 2 aromatic heterocycles. The molecule has 0 bridgehead atoms. The van der Waals surface area contributed by atoms with Crippen LogP contribution in [0.25, 0.3) is 0 Å².